The number of hydrogen-bond acceptors (Lipinski definition) is 5. The number of anilines is 1. The van der Waals surface area contributed by atoms with Gasteiger partial charge in [-0.3, -0.25) is 4.72 Å². The third kappa shape index (κ3) is 2.67. The molecule has 0 spiro atoms. The molecule has 1 aromatic heterocycles. The molecule has 74 valence electrons. The molecule has 0 aromatic carbocycles. The van der Waals surface area contributed by atoms with Crippen LogP contribution in [0.1, 0.15) is 0 Å². The van der Waals surface area contributed by atoms with Gasteiger partial charge in [0.05, 0.1) is 5.75 Å². The Bertz CT molecular complexity index is 370. The Morgan fingerprint density at radius 3 is 2.85 bits per heavy atom. The molecule has 0 aliphatic rings. The van der Waals surface area contributed by atoms with Crippen LogP contribution in [-0.2, 0) is 17.1 Å². The summed E-state index contributed by atoms with van der Waals surface area (Å²) >= 11 is 0. The number of aryl methyl sites for hydroxylation is 1. The summed E-state index contributed by atoms with van der Waals surface area (Å²) in [5.74, 6) is 0.0632. The van der Waals surface area contributed by atoms with Crippen LogP contribution in [0.4, 0.5) is 5.95 Å². The zero-order chi connectivity index (χ0) is 9.90. The van der Waals surface area contributed by atoms with Crippen molar-refractivity contribution in [2.45, 2.75) is 0 Å². The number of sulfonamides is 1. The molecule has 0 saturated carbocycles. The van der Waals surface area contributed by atoms with Crippen molar-refractivity contribution in [3.05, 3.63) is 6.33 Å². The predicted octanol–water partition coefficient (Wildman–Crippen LogP) is -1.48. The first-order valence-electron chi connectivity index (χ1n) is 3.60. The summed E-state index contributed by atoms with van der Waals surface area (Å²) in [6.07, 6.45) is 1.26. The first-order chi connectivity index (χ1) is 6.05. The lowest BCUT2D eigenvalue weighted by Crippen LogP contribution is -2.23. The first kappa shape index (κ1) is 9.93. The third-order valence-electron chi connectivity index (χ3n) is 1.34. The molecule has 1 aromatic rings. The summed E-state index contributed by atoms with van der Waals surface area (Å²) in [6, 6.07) is 0. The molecule has 1 heterocycles. The second-order valence-electron chi connectivity index (χ2n) is 2.42. The Labute approximate surface area is 76.0 Å². The largest absolute Gasteiger partial charge is 0.329 e. The molecule has 0 bridgehead atoms. The Morgan fingerprint density at radius 2 is 2.38 bits per heavy atom. The van der Waals surface area contributed by atoms with E-state index in [9.17, 15) is 8.42 Å². The molecule has 8 heteroatoms. The van der Waals surface area contributed by atoms with Crippen molar-refractivity contribution in [1.82, 2.24) is 14.8 Å². The number of nitrogens with two attached hydrogens (primary N) is 1. The van der Waals surface area contributed by atoms with Crippen molar-refractivity contribution >= 4 is 16.0 Å². The summed E-state index contributed by atoms with van der Waals surface area (Å²) < 4.78 is 25.9. The second kappa shape index (κ2) is 3.71. The summed E-state index contributed by atoms with van der Waals surface area (Å²) in [6.45, 7) is 0.0766. The van der Waals surface area contributed by atoms with Gasteiger partial charge in [-0.2, -0.15) is 10.1 Å². The molecule has 0 radical (unpaired) electrons. The fourth-order valence-electron chi connectivity index (χ4n) is 0.734. The van der Waals surface area contributed by atoms with Gasteiger partial charge in [0.1, 0.15) is 6.33 Å². The highest BCUT2D eigenvalue weighted by Crippen LogP contribution is 2.01. The van der Waals surface area contributed by atoms with Gasteiger partial charge in [0, 0.05) is 13.6 Å². The van der Waals surface area contributed by atoms with Crippen molar-refractivity contribution < 1.29 is 8.42 Å². The normalized spacial score (nSPS) is 11.5. The highest BCUT2D eigenvalue weighted by molar-refractivity contribution is 7.92. The molecule has 3 N–H and O–H groups in total. The highest BCUT2D eigenvalue weighted by atomic mass is 32.2. The Kier molecular flexibility index (Phi) is 2.83. The fraction of sp³-hybridized carbons (Fsp3) is 0.600. The van der Waals surface area contributed by atoms with Gasteiger partial charge < -0.3 is 5.73 Å². The molecule has 13 heavy (non-hydrogen) atoms. The average molecular weight is 205 g/mol. The van der Waals surface area contributed by atoms with E-state index in [4.69, 9.17) is 5.73 Å². The number of hydrogen-bond donors (Lipinski definition) is 2. The minimum Gasteiger partial charge on any atom is -0.329 e. The smallest absolute Gasteiger partial charge is 0.236 e. The van der Waals surface area contributed by atoms with Crippen LogP contribution in [0.3, 0.4) is 0 Å². The van der Waals surface area contributed by atoms with E-state index in [1.807, 2.05) is 0 Å². The SMILES string of the molecule is Cn1ncnc1NS(=O)(=O)CCN. The van der Waals surface area contributed by atoms with E-state index in [2.05, 4.69) is 14.8 Å². The topological polar surface area (TPSA) is 103 Å². The summed E-state index contributed by atoms with van der Waals surface area (Å²) in [5.41, 5.74) is 5.12. The maximum absolute atomic E-state index is 11.2. The fourth-order valence-corrected chi connectivity index (χ4v) is 1.61. The van der Waals surface area contributed by atoms with E-state index in [-0.39, 0.29) is 18.2 Å². The molecule has 0 saturated heterocycles. The van der Waals surface area contributed by atoms with Gasteiger partial charge in [0.25, 0.3) is 0 Å². The van der Waals surface area contributed by atoms with Crippen LogP contribution >= 0.6 is 0 Å². The molecule has 1 rings (SSSR count). The molecule has 0 fully saturated rings. The van der Waals surface area contributed by atoms with Gasteiger partial charge >= 0.3 is 0 Å². The predicted molar refractivity (Wildman–Crippen MR) is 47.5 cm³/mol. The van der Waals surface area contributed by atoms with Crippen molar-refractivity contribution in [3.8, 4) is 0 Å². The van der Waals surface area contributed by atoms with Crippen LogP contribution in [0.2, 0.25) is 0 Å². The first-order valence-corrected chi connectivity index (χ1v) is 5.25. The Hall–Kier alpha value is -1.15. The van der Waals surface area contributed by atoms with Crippen LogP contribution in [0.5, 0.6) is 0 Å². The van der Waals surface area contributed by atoms with Crippen molar-refractivity contribution in [2.24, 2.45) is 12.8 Å². The van der Waals surface area contributed by atoms with Crippen molar-refractivity contribution in [1.29, 1.82) is 0 Å². The van der Waals surface area contributed by atoms with Crippen LogP contribution in [-0.4, -0.2) is 35.5 Å². The van der Waals surface area contributed by atoms with Gasteiger partial charge in [-0.15, -0.1) is 0 Å². The number of nitrogens with one attached hydrogen (secondary N) is 1. The average Bonchev–Trinajstić information content (AvgIpc) is 2.35. The van der Waals surface area contributed by atoms with E-state index >= 15 is 0 Å². The van der Waals surface area contributed by atoms with Crippen LogP contribution in [0.15, 0.2) is 6.33 Å². The maximum atomic E-state index is 11.2. The molecule has 0 unspecified atom stereocenters. The summed E-state index contributed by atoms with van der Waals surface area (Å²) in [5, 5.41) is 3.71. The maximum Gasteiger partial charge on any atom is 0.236 e. The van der Waals surface area contributed by atoms with E-state index < -0.39 is 10.0 Å². The van der Waals surface area contributed by atoms with E-state index in [0.29, 0.717) is 0 Å². The van der Waals surface area contributed by atoms with Gasteiger partial charge in [-0.1, -0.05) is 0 Å². The molecular formula is C5H11N5O2S. The zero-order valence-electron chi connectivity index (χ0n) is 7.14. The standard InChI is InChI=1S/C5H11N5O2S/c1-10-5(7-4-8-10)9-13(11,12)3-2-6/h4H,2-3,6H2,1H3,(H,7,8,9). The molecule has 7 nitrogen and oxygen atoms in total. The quantitative estimate of drug-likeness (QED) is 0.623. The molecule has 0 aliphatic carbocycles. The third-order valence-corrected chi connectivity index (χ3v) is 2.61. The lowest BCUT2D eigenvalue weighted by molar-refractivity contribution is 0.600. The van der Waals surface area contributed by atoms with E-state index in [0.717, 1.165) is 0 Å². The lowest BCUT2D eigenvalue weighted by atomic mass is 10.8. The van der Waals surface area contributed by atoms with Crippen molar-refractivity contribution in [2.75, 3.05) is 17.0 Å². The van der Waals surface area contributed by atoms with Crippen molar-refractivity contribution in [3.63, 3.8) is 0 Å². The Balaban J connectivity index is 2.75. The van der Waals surface area contributed by atoms with Crippen LogP contribution < -0.4 is 10.5 Å². The zero-order valence-corrected chi connectivity index (χ0v) is 7.95. The van der Waals surface area contributed by atoms with Gasteiger partial charge in [-0.25, -0.2) is 13.1 Å². The molecule has 0 aliphatic heterocycles. The summed E-state index contributed by atoms with van der Waals surface area (Å²) in [4.78, 5) is 3.70. The molecular weight excluding hydrogens is 194 g/mol. The van der Waals surface area contributed by atoms with Gasteiger partial charge in [-0.05, 0) is 0 Å². The molecule has 0 atom stereocenters. The monoisotopic (exact) mass is 205 g/mol. The highest BCUT2D eigenvalue weighted by Gasteiger charge is 2.11. The number of nitrogens with zero attached hydrogens (tertiary/aromatic N) is 3. The summed E-state index contributed by atoms with van der Waals surface area (Å²) in [7, 11) is -1.78. The second-order valence-corrected chi connectivity index (χ2v) is 4.26. The number of rotatable bonds is 4. The van der Waals surface area contributed by atoms with Crippen LogP contribution in [0, 0.1) is 0 Å². The lowest BCUT2D eigenvalue weighted by Gasteiger charge is -2.04. The minimum absolute atomic E-state index is 0.0766. The van der Waals surface area contributed by atoms with E-state index in [1.54, 1.807) is 7.05 Å². The van der Waals surface area contributed by atoms with Gasteiger partial charge in [0.15, 0.2) is 0 Å². The Morgan fingerprint density at radius 1 is 1.69 bits per heavy atom. The van der Waals surface area contributed by atoms with E-state index in [1.165, 1.54) is 11.0 Å². The minimum atomic E-state index is -3.38. The van der Waals surface area contributed by atoms with Gasteiger partial charge in [0.2, 0.25) is 16.0 Å². The number of aromatic nitrogens is 3. The van der Waals surface area contributed by atoms with Crippen LogP contribution in [0.25, 0.3) is 0 Å². The molecule has 0 amide bonds.